The molecule has 0 aliphatic rings. The Morgan fingerprint density at radius 3 is 2.48 bits per heavy atom. The Hall–Kier alpha value is -0.870. The summed E-state index contributed by atoms with van der Waals surface area (Å²) in [7, 11) is -0.773. The lowest BCUT2D eigenvalue weighted by Gasteiger charge is -2.25. The number of aliphatic imine (C=N–C) groups is 1. The lowest BCUT2D eigenvalue weighted by Crippen LogP contribution is -2.40. The van der Waals surface area contributed by atoms with Gasteiger partial charge in [-0.15, -0.1) is 24.0 Å². The third-order valence-corrected chi connectivity index (χ3v) is 5.20. The summed E-state index contributed by atoms with van der Waals surface area (Å²) < 4.78 is 22.3. The molecule has 0 fully saturated rings. The average molecular weight is 510 g/mol. The van der Waals surface area contributed by atoms with E-state index in [-0.39, 0.29) is 29.7 Å². The fraction of sp³-hybridized carbons (Fsp3) is 0.632. The zero-order valence-corrected chi connectivity index (χ0v) is 20.1. The molecule has 0 saturated carbocycles. The summed E-state index contributed by atoms with van der Waals surface area (Å²) in [4.78, 5) is 6.78. The predicted octanol–water partition coefficient (Wildman–Crippen LogP) is 2.50. The zero-order valence-electron chi connectivity index (χ0n) is 16.9. The van der Waals surface area contributed by atoms with Crippen LogP contribution in [-0.4, -0.2) is 64.0 Å². The first-order chi connectivity index (χ1) is 12.3. The van der Waals surface area contributed by atoms with Crippen molar-refractivity contribution in [1.82, 2.24) is 15.5 Å². The molecule has 0 aliphatic carbocycles. The molecule has 0 saturated heterocycles. The third kappa shape index (κ3) is 13.0. The topological polar surface area (TPSA) is 73.8 Å². The standard InChI is InChI=1S/C19H34N4O2S.HI/c1-5-20-19(21-13-9-15-26(4,24)25)22-14-12-17(2)23(3)16-18-10-7-6-8-11-18;/h6-8,10-11,17H,5,9,12-16H2,1-4H3,(H2,20,21,22);1H. The molecule has 156 valence electrons. The second-order valence-electron chi connectivity index (χ2n) is 6.71. The van der Waals surface area contributed by atoms with E-state index in [2.05, 4.69) is 58.8 Å². The molecule has 8 heteroatoms. The molecule has 0 heterocycles. The maximum absolute atomic E-state index is 11.2. The maximum atomic E-state index is 11.2. The highest BCUT2D eigenvalue weighted by Gasteiger charge is 2.10. The van der Waals surface area contributed by atoms with Crippen LogP contribution in [0.2, 0.25) is 0 Å². The van der Waals surface area contributed by atoms with Gasteiger partial charge in [-0.1, -0.05) is 30.3 Å². The molecule has 1 rings (SSSR count). The van der Waals surface area contributed by atoms with Crippen LogP contribution in [0.4, 0.5) is 0 Å². The van der Waals surface area contributed by atoms with Crippen molar-refractivity contribution in [2.75, 3.05) is 38.7 Å². The Morgan fingerprint density at radius 2 is 1.89 bits per heavy atom. The number of benzene rings is 1. The summed E-state index contributed by atoms with van der Waals surface area (Å²) in [6.07, 6.45) is 2.80. The van der Waals surface area contributed by atoms with Crippen LogP contribution >= 0.6 is 24.0 Å². The first-order valence-electron chi connectivity index (χ1n) is 9.26. The molecule has 0 aliphatic heterocycles. The van der Waals surface area contributed by atoms with E-state index in [1.165, 1.54) is 11.8 Å². The summed E-state index contributed by atoms with van der Waals surface area (Å²) in [6, 6.07) is 10.9. The molecular formula is C19H35IN4O2S. The van der Waals surface area contributed by atoms with Gasteiger partial charge in [-0.3, -0.25) is 9.89 Å². The van der Waals surface area contributed by atoms with Crippen LogP contribution in [-0.2, 0) is 16.4 Å². The number of guanidine groups is 1. The summed E-state index contributed by atoms with van der Waals surface area (Å²) in [5, 5.41) is 6.53. The first-order valence-corrected chi connectivity index (χ1v) is 11.3. The molecule has 1 aromatic rings. The van der Waals surface area contributed by atoms with E-state index in [9.17, 15) is 8.42 Å². The molecule has 0 radical (unpaired) electrons. The predicted molar refractivity (Wildman–Crippen MR) is 126 cm³/mol. The van der Waals surface area contributed by atoms with E-state index >= 15 is 0 Å². The van der Waals surface area contributed by atoms with Gasteiger partial charge in [0.1, 0.15) is 9.84 Å². The molecule has 1 aromatic carbocycles. The van der Waals surface area contributed by atoms with E-state index in [1.807, 2.05) is 13.0 Å². The van der Waals surface area contributed by atoms with E-state index < -0.39 is 9.84 Å². The van der Waals surface area contributed by atoms with Crippen LogP contribution in [0.1, 0.15) is 32.3 Å². The van der Waals surface area contributed by atoms with Gasteiger partial charge in [-0.2, -0.15) is 0 Å². The largest absolute Gasteiger partial charge is 0.357 e. The minimum absolute atomic E-state index is 0. The van der Waals surface area contributed by atoms with Gasteiger partial charge in [0.05, 0.1) is 5.75 Å². The number of nitrogens with one attached hydrogen (secondary N) is 2. The summed E-state index contributed by atoms with van der Waals surface area (Å²) in [5.74, 6) is 0.927. The van der Waals surface area contributed by atoms with Gasteiger partial charge in [0.25, 0.3) is 0 Å². The van der Waals surface area contributed by atoms with Crippen molar-refractivity contribution in [3.05, 3.63) is 35.9 Å². The van der Waals surface area contributed by atoms with Crippen LogP contribution in [0.15, 0.2) is 35.3 Å². The summed E-state index contributed by atoms with van der Waals surface area (Å²) in [6.45, 7) is 7.28. The van der Waals surface area contributed by atoms with Crippen LogP contribution < -0.4 is 10.6 Å². The average Bonchev–Trinajstić information content (AvgIpc) is 2.58. The molecule has 27 heavy (non-hydrogen) atoms. The van der Waals surface area contributed by atoms with Crippen LogP contribution in [0.3, 0.4) is 0 Å². The zero-order chi connectivity index (χ0) is 19.4. The van der Waals surface area contributed by atoms with E-state index in [0.717, 1.165) is 32.0 Å². The summed E-state index contributed by atoms with van der Waals surface area (Å²) >= 11 is 0. The molecule has 0 amide bonds. The van der Waals surface area contributed by atoms with E-state index in [4.69, 9.17) is 0 Å². The molecule has 0 aromatic heterocycles. The highest BCUT2D eigenvalue weighted by molar-refractivity contribution is 14.0. The van der Waals surface area contributed by atoms with Gasteiger partial charge in [-0.25, -0.2) is 8.42 Å². The normalized spacial score (nSPS) is 13.1. The number of sulfone groups is 1. The molecule has 6 nitrogen and oxygen atoms in total. The highest BCUT2D eigenvalue weighted by atomic mass is 127. The van der Waals surface area contributed by atoms with Crippen molar-refractivity contribution in [1.29, 1.82) is 0 Å². The van der Waals surface area contributed by atoms with E-state index in [0.29, 0.717) is 19.0 Å². The van der Waals surface area contributed by atoms with Crippen molar-refractivity contribution in [2.45, 2.75) is 39.3 Å². The quantitative estimate of drug-likeness (QED) is 0.207. The van der Waals surface area contributed by atoms with Crippen LogP contribution in [0.5, 0.6) is 0 Å². The maximum Gasteiger partial charge on any atom is 0.191 e. The van der Waals surface area contributed by atoms with Crippen molar-refractivity contribution in [3.8, 4) is 0 Å². The van der Waals surface area contributed by atoms with E-state index in [1.54, 1.807) is 0 Å². The van der Waals surface area contributed by atoms with Crippen molar-refractivity contribution >= 4 is 39.8 Å². The lowest BCUT2D eigenvalue weighted by atomic mass is 10.1. The summed E-state index contributed by atoms with van der Waals surface area (Å²) in [5.41, 5.74) is 1.32. The second kappa shape index (κ2) is 14.2. The third-order valence-electron chi connectivity index (χ3n) is 4.17. The minimum Gasteiger partial charge on any atom is -0.357 e. The number of halogens is 1. The van der Waals surface area contributed by atoms with Crippen LogP contribution in [0, 0.1) is 0 Å². The Morgan fingerprint density at radius 1 is 1.22 bits per heavy atom. The number of hydrogen-bond acceptors (Lipinski definition) is 4. The van der Waals surface area contributed by atoms with Gasteiger partial charge in [0, 0.05) is 38.5 Å². The Labute approximate surface area is 182 Å². The fourth-order valence-corrected chi connectivity index (χ4v) is 3.16. The second-order valence-corrected chi connectivity index (χ2v) is 8.97. The highest BCUT2D eigenvalue weighted by Crippen LogP contribution is 2.07. The van der Waals surface area contributed by atoms with Crippen LogP contribution in [0.25, 0.3) is 0 Å². The SMILES string of the molecule is CCNC(=NCCCS(C)(=O)=O)NCCC(C)N(C)Cc1ccccc1.I. The molecule has 0 spiro atoms. The lowest BCUT2D eigenvalue weighted by molar-refractivity contribution is 0.238. The van der Waals surface area contributed by atoms with Gasteiger partial charge in [0.15, 0.2) is 5.96 Å². The molecule has 0 bridgehead atoms. The fourth-order valence-electron chi connectivity index (χ4n) is 2.51. The Bertz CT molecular complexity index is 638. The van der Waals surface area contributed by atoms with Gasteiger partial charge < -0.3 is 10.6 Å². The molecule has 1 unspecified atom stereocenters. The number of rotatable bonds is 11. The number of hydrogen-bond donors (Lipinski definition) is 2. The van der Waals surface area contributed by atoms with Crippen molar-refractivity contribution in [3.63, 3.8) is 0 Å². The van der Waals surface area contributed by atoms with Gasteiger partial charge in [-0.05, 0) is 39.3 Å². The first kappa shape index (κ1) is 26.1. The van der Waals surface area contributed by atoms with Gasteiger partial charge in [0.2, 0.25) is 0 Å². The Balaban J connectivity index is 0.00000676. The monoisotopic (exact) mass is 510 g/mol. The molecular weight excluding hydrogens is 475 g/mol. The smallest absolute Gasteiger partial charge is 0.191 e. The number of nitrogens with zero attached hydrogens (tertiary/aromatic N) is 2. The Kier molecular flexibility index (Phi) is 13.7. The molecule has 2 N–H and O–H groups in total. The molecule has 1 atom stereocenters. The van der Waals surface area contributed by atoms with Gasteiger partial charge >= 0.3 is 0 Å². The minimum atomic E-state index is -2.91. The van der Waals surface area contributed by atoms with Crippen molar-refractivity contribution in [2.24, 2.45) is 4.99 Å². The van der Waals surface area contributed by atoms with Crippen molar-refractivity contribution < 1.29 is 8.42 Å².